The Balaban J connectivity index is 1.59. The van der Waals surface area contributed by atoms with Gasteiger partial charge in [-0.1, -0.05) is 12.1 Å². The van der Waals surface area contributed by atoms with Gasteiger partial charge in [0.15, 0.2) is 0 Å². The third kappa shape index (κ3) is 4.39. The maximum atomic E-state index is 12.6. The van der Waals surface area contributed by atoms with Gasteiger partial charge < -0.3 is 20.1 Å². The molecule has 1 saturated heterocycles. The molecule has 27 heavy (non-hydrogen) atoms. The molecule has 1 aliphatic heterocycles. The summed E-state index contributed by atoms with van der Waals surface area (Å²) in [7, 11) is 1.34. The summed E-state index contributed by atoms with van der Waals surface area (Å²) in [6, 6.07) is 12.3. The quantitative estimate of drug-likeness (QED) is 0.806. The Morgan fingerprint density at radius 2 is 1.89 bits per heavy atom. The molecule has 0 atom stereocenters. The minimum absolute atomic E-state index is 0.140. The van der Waals surface area contributed by atoms with Crippen molar-refractivity contribution in [2.24, 2.45) is 0 Å². The average molecular weight is 368 g/mol. The number of benzene rings is 2. The maximum absolute atomic E-state index is 12.6. The fourth-order valence-corrected chi connectivity index (χ4v) is 3.44. The molecule has 0 radical (unpaired) electrons. The second-order valence-corrected chi connectivity index (χ2v) is 6.81. The lowest BCUT2D eigenvalue weighted by molar-refractivity contribution is 0.0600. The molecule has 0 aromatic heterocycles. The van der Waals surface area contributed by atoms with Crippen molar-refractivity contribution >= 4 is 17.7 Å². The third-order valence-electron chi connectivity index (χ3n) is 5.01. The number of phenols is 1. The van der Waals surface area contributed by atoms with Gasteiger partial charge in [-0.2, -0.15) is 0 Å². The predicted octanol–water partition coefficient (Wildman–Crippen LogP) is 3.90. The van der Waals surface area contributed by atoms with Gasteiger partial charge in [0, 0.05) is 18.8 Å². The van der Waals surface area contributed by atoms with E-state index in [1.54, 1.807) is 35.2 Å². The van der Waals surface area contributed by atoms with Crippen LogP contribution in [0.25, 0.3) is 0 Å². The molecule has 2 amide bonds. The number of ether oxygens (including phenoxy) is 1. The van der Waals surface area contributed by atoms with Crippen LogP contribution in [0.4, 0.5) is 10.5 Å². The molecule has 1 heterocycles. The number of hydrogen-bond donors (Lipinski definition) is 2. The number of piperidine rings is 1. The topological polar surface area (TPSA) is 78.9 Å². The lowest BCUT2D eigenvalue weighted by atomic mass is 9.89. The molecule has 2 aromatic carbocycles. The van der Waals surface area contributed by atoms with Crippen LogP contribution in [-0.2, 0) is 4.74 Å². The van der Waals surface area contributed by atoms with Crippen molar-refractivity contribution in [2.45, 2.75) is 25.7 Å². The van der Waals surface area contributed by atoms with Crippen molar-refractivity contribution in [2.75, 3.05) is 25.5 Å². The number of aryl methyl sites for hydroxylation is 1. The monoisotopic (exact) mass is 368 g/mol. The van der Waals surface area contributed by atoms with Gasteiger partial charge >= 0.3 is 12.0 Å². The van der Waals surface area contributed by atoms with Gasteiger partial charge in [0.1, 0.15) is 5.75 Å². The molecular formula is C21H24N2O4. The number of aromatic hydroxyl groups is 1. The number of nitrogens with one attached hydrogen (secondary N) is 1. The van der Waals surface area contributed by atoms with Crippen LogP contribution in [0.2, 0.25) is 0 Å². The lowest BCUT2D eigenvalue weighted by Crippen LogP contribution is -2.40. The number of esters is 1. The number of anilines is 1. The number of phenolic OH excluding ortho intramolecular Hbond substituents is 1. The number of methoxy groups -OCH3 is 1. The summed E-state index contributed by atoms with van der Waals surface area (Å²) >= 11 is 0. The summed E-state index contributed by atoms with van der Waals surface area (Å²) in [5.41, 5.74) is 3.06. The van der Waals surface area contributed by atoms with Gasteiger partial charge in [-0.05, 0) is 67.1 Å². The summed E-state index contributed by atoms with van der Waals surface area (Å²) in [4.78, 5) is 26.0. The second-order valence-electron chi connectivity index (χ2n) is 6.81. The molecule has 142 valence electrons. The van der Waals surface area contributed by atoms with Gasteiger partial charge in [-0.15, -0.1) is 0 Å². The molecule has 1 fully saturated rings. The van der Waals surface area contributed by atoms with Gasteiger partial charge in [-0.3, -0.25) is 0 Å². The SMILES string of the molecule is COC(=O)c1ccc(NC(=O)N2CCC(c3cccc(O)c3)CC2)c(C)c1. The number of likely N-dealkylation sites (tertiary alicyclic amines) is 1. The number of rotatable bonds is 3. The number of nitrogens with zero attached hydrogens (tertiary/aromatic N) is 1. The number of hydrogen-bond acceptors (Lipinski definition) is 4. The largest absolute Gasteiger partial charge is 0.508 e. The predicted molar refractivity (Wildman–Crippen MR) is 103 cm³/mol. The summed E-state index contributed by atoms with van der Waals surface area (Å²) in [5, 5.41) is 12.6. The Kier molecular flexibility index (Phi) is 5.64. The van der Waals surface area contributed by atoms with Gasteiger partial charge in [0.2, 0.25) is 0 Å². The van der Waals surface area contributed by atoms with Gasteiger partial charge in [-0.25, -0.2) is 9.59 Å². The first-order valence-corrected chi connectivity index (χ1v) is 9.01. The smallest absolute Gasteiger partial charge is 0.337 e. The van der Waals surface area contributed by atoms with E-state index < -0.39 is 5.97 Å². The van der Waals surface area contributed by atoms with Gasteiger partial charge in [0.25, 0.3) is 0 Å². The van der Waals surface area contributed by atoms with Crippen LogP contribution in [0.15, 0.2) is 42.5 Å². The molecule has 0 spiro atoms. The number of urea groups is 1. The fourth-order valence-electron chi connectivity index (χ4n) is 3.44. The van der Waals surface area contributed by atoms with Crippen molar-refractivity contribution in [1.29, 1.82) is 0 Å². The average Bonchev–Trinajstić information content (AvgIpc) is 2.69. The van der Waals surface area contributed by atoms with Crippen molar-refractivity contribution in [3.63, 3.8) is 0 Å². The second kappa shape index (κ2) is 8.12. The first-order valence-electron chi connectivity index (χ1n) is 9.01. The zero-order valence-electron chi connectivity index (χ0n) is 15.6. The van der Waals surface area contributed by atoms with Crippen LogP contribution >= 0.6 is 0 Å². The molecule has 1 aliphatic rings. The zero-order valence-corrected chi connectivity index (χ0v) is 15.6. The number of amides is 2. The normalized spacial score (nSPS) is 14.7. The van der Waals surface area contributed by atoms with Crippen molar-refractivity contribution in [3.8, 4) is 5.75 Å². The van der Waals surface area contributed by atoms with Crippen LogP contribution < -0.4 is 5.32 Å². The summed E-state index contributed by atoms with van der Waals surface area (Å²) in [6.45, 7) is 3.16. The molecule has 0 saturated carbocycles. The number of carbonyl (C=O) groups excluding carboxylic acids is 2. The first-order chi connectivity index (χ1) is 13.0. The van der Waals surface area contributed by atoms with Crippen LogP contribution in [0.5, 0.6) is 5.75 Å². The van der Waals surface area contributed by atoms with E-state index in [2.05, 4.69) is 5.32 Å². The van der Waals surface area contributed by atoms with Gasteiger partial charge in [0.05, 0.1) is 12.7 Å². The highest BCUT2D eigenvalue weighted by Gasteiger charge is 2.24. The summed E-state index contributed by atoms with van der Waals surface area (Å²) in [6.07, 6.45) is 1.72. The number of carbonyl (C=O) groups is 2. The first kappa shape index (κ1) is 18.8. The van der Waals surface area contributed by atoms with E-state index in [9.17, 15) is 14.7 Å². The molecule has 6 nitrogen and oxygen atoms in total. The van der Waals surface area contributed by atoms with E-state index in [4.69, 9.17) is 4.74 Å². The molecular weight excluding hydrogens is 344 g/mol. The Labute approximate surface area is 158 Å². The minimum atomic E-state index is -0.398. The molecule has 2 N–H and O–H groups in total. The minimum Gasteiger partial charge on any atom is -0.508 e. The maximum Gasteiger partial charge on any atom is 0.337 e. The van der Waals surface area contributed by atoms with E-state index in [-0.39, 0.29) is 11.8 Å². The fraction of sp³-hybridized carbons (Fsp3) is 0.333. The van der Waals surface area contributed by atoms with Crippen LogP contribution in [0.1, 0.15) is 40.2 Å². The highest BCUT2D eigenvalue weighted by Crippen LogP contribution is 2.30. The molecule has 3 rings (SSSR count). The third-order valence-corrected chi connectivity index (χ3v) is 5.01. The molecule has 2 aromatic rings. The van der Waals surface area contributed by atoms with Crippen LogP contribution in [-0.4, -0.2) is 42.2 Å². The molecule has 6 heteroatoms. The molecule has 0 aliphatic carbocycles. The Morgan fingerprint density at radius 3 is 2.52 bits per heavy atom. The van der Waals surface area contributed by atoms with Crippen LogP contribution in [0, 0.1) is 6.92 Å². The summed E-state index contributed by atoms with van der Waals surface area (Å²) in [5.74, 6) is 0.228. The highest BCUT2D eigenvalue weighted by atomic mass is 16.5. The van der Waals surface area contributed by atoms with E-state index in [1.807, 2.05) is 19.1 Å². The Morgan fingerprint density at radius 1 is 1.15 bits per heavy atom. The molecule has 0 bridgehead atoms. The van der Waals surface area contributed by atoms with E-state index in [0.29, 0.717) is 30.3 Å². The van der Waals surface area contributed by atoms with Crippen molar-refractivity contribution < 1.29 is 19.4 Å². The van der Waals surface area contributed by atoms with Crippen molar-refractivity contribution in [3.05, 3.63) is 59.2 Å². The van der Waals surface area contributed by atoms with E-state index >= 15 is 0 Å². The van der Waals surface area contributed by atoms with Crippen molar-refractivity contribution in [1.82, 2.24) is 4.90 Å². The highest BCUT2D eigenvalue weighted by molar-refractivity contribution is 5.93. The summed E-state index contributed by atoms with van der Waals surface area (Å²) < 4.78 is 4.71. The van der Waals surface area contributed by atoms with E-state index in [1.165, 1.54) is 7.11 Å². The Hall–Kier alpha value is -3.02. The standard InChI is InChI=1S/C21H24N2O4/c1-14-12-17(20(25)27-2)6-7-19(14)22-21(26)23-10-8-15(9-11-23)16-4-3-5-18(24)13-16/h3-7,12-13,15,24H,8-11H2,1-2H3,(H,22,26). The Bertz CT molecular complexity index is 842. The molecule has 0 unspecified atom stereocenters. The van der Waals surface area contributed by atoms with Crippen LogP contribution in [0.3, 0.4) is 0 Å². The lowest BCUT2D eigenvalue weighted by Gasteiger charge is -2.32. The van der Waals surface area contributed by atoms with E-state index in [0.717, 1.165) is 24.0 Å². The zero-order chi connectivity index (χ0) is 19.4.